The molecule has 2 aromatic carbocycles. The molecular formula is C22H23N3O3. The second-order valence-corrected chi connectivity index (χ2v) is 7.42. The van der Waals surface area contributed by atoms with Gasteiger partial charge in [-0.15, -0.1) is 0 Å². The van der Waals surface area contributed by atoms with Crippen LogP contribution in [-0.4, -0.2) is 11.0 Å². The summed E-state index contributed by atoms with van der Waals surface area (Å²) in [6.45, 7) is 6.44. The Hall–Kier alpha value is -3.54. The van der Waals surface area contributed by atoms with Crippen molar-refractivity contribution in [2.45, 2.75) is 26.2 Å². The molecule has 0 radical (unpaired) electrons. The van der Waals surface area contributed by atoms with Crippen LogP contribution in [0.3, 0.4) is 0 Å². The predicted octanol–water partition coefficient (Wildman–Crippen LogP) is 5.11. The third-order valence-corrected chi connectivity index (χ3v) is 4.11. The van der Waals surface area contributed by atoms with Crippen LogP contribution >= 0.6 is 0 Å². The summed E-state index contributed by atoms with van der Waals surface area (Å²) in [6, 6.07) is 17.4. The van der Waals surface area contributed by atoms with E-state index < -0.39 is 0 Å². The lowest BCUT2D eigenvalue weighted by Crippen LogP contribution is -2.19. The summed E-state index contributed by atoms with van der Waals surface area (Å²) in [5, 5.41) is 5.59. The molecule has 0 saturated heterocycles. The number of anilines is 2. The second-order valence-electron chi connectivity index (χ2n) is 7.42. The summed E-state index contributed by atoms with van der Waals surface area (Å²) in [4.78, 5) is 25.8. The standard InChI is InChI=1S/C22H23N3O3/c1-22(2,3)15-4-6-16(7-5-15)24-21(27)25-17-8-10-18(11-9-17)28-19-12-13-20(26)23-14-19/h4-14H,1-3H3,(H,23,26)(H2,24,25,27). The topological polar surface area (TPSA) is 83.2 Å². The lowest BCUT2D eigenvalue weighted by atomic mass is 9.87. The van der Waals surface area contributed by atoms with Crippen LogP contribution in [0.1, 0.15) is 26.3 Å². The van der Waals surface area contributed by atoms with Gasteiger partial charge in [0.05, 0.1) is 0 Å². The van der Waals surface area contributed by atoms with Crippen LogP contribution in [0, 0.1) is 0 Å². The van der Waals surface area contributed by atoms with E-state index in [-0.39, 0.29) is 17.0 Å². The zero-order valence-electron chi connectivity index (χ0n) is 16.1. The van der Waals surface area contributed by atoms with E-state index in [2.05, 4.69) is 36.4 Å². The molecule has 0 bridgehead atoms. The van der Waals surface area contributed by atoms with Crippen molar-refractivity contribution in [3.63, 3.8) is 0 Å². The summed E-state index contributed by atoms with van der Waals surface area (Å²) in [5.74, 6) is 1.12. The van der Waals surface area contributed by atoms with Crippen molar-refractivity contribution in [3.8, 4) is 11.5 Å². The van der Waals surface area contributed by atoms with Crippen molar-refractivity contribution < 1.29 is 9.53 Å². The number of rotatable bonds is 4. The quantitative estimate of drug-likeness (QED) is 0.591. The number of aromatic amines is 1. The SMILES string of the molecule is CC(C)(C)c1ccc(NC(=O)Nc2ccc(Oc3ccc(=O)[nH]c3)cc2)cc1. The van der Waals surface area contributed by atoms with Gasteiger partial charge in [0.1, 0.15) is 11.5 Å². The van der Waals surface area contributed by atoms with Gasteiger partial charge in [-0.1, -0.05) is 32.9 Å². The number of urea groups is 1. The van der Waals surface area contributed by atoms with E-state index in [4.69, 9.17) is 4.74 Å². The normalized spacial score (nSPS) is 11.0. The number of aromatic nitrogens is 1. The number of hydrogen-bond acceptors (Lipinski definition) is 3. The molecule has 1 aromatic heterocycles. The third-order valence-electron chi connectivity index (χ3n) is 4.11. The molecule has 6 heteroatoms. The van der Waals surface area contributed by atoms with Crippen molar-refractivity contribution in [1.82, 2.24) is 4.98 Å². The van der Waals surface area contributed by atoms with E-state index in [1.54, 1.807) is 30.3 Å². The van der Waals surface area contributed by atoms with E-state index in [9.17, 15) is 9.59 Å². The molecule has 3 N–H and O–H groups in total. The molecule has 0 spiro atoms. The molecule has 6 nitrogen and oxygen atoms in total. The van der Waals surface area contributed by atoms with Crippen LogP contribution in [-0.2, 0) is 5.41 Å². The van der Waals surface area contributed by atoms with Crippen molar-refractivity contribution in [2.75, 3.05) is 10.6 Å². The first-order chi connectivity index (χ1) is 13.3. The van der Waals surface area contributed by atoms with E-state index in [1.165, 1.54) is 17.8 Å². The van der Waals surface area contributed by atoms with Crippen LogP contribution in [0.2, 0.25) is 0 Å². The van der Waals surface area contributed by atoms with Crippen molar-refractivity contribution in [1.29, 1.82) is 0 Å². The Morgan fingerprint density at radius 1 is 0.821 bits per heavy atom. The summed E-state index contributed by atoms with van der Waals surface area (Å²) in [7, 11) is 0. The first-order valence-corrected chi connectivity index (χ1v) is 8.95. The van der Waals surface area contributed by atoms with Crippen LogP contribution in [0.15, 0.2) is 71.7 Å². The Morgan fingerprint density at radius 3 is 1.86 bits per heavy atom. The number of pyridine rings is 1. The highest BCUT2D eigenvalue weighted by atomic mass is 16.5. The fraction of sp³-hybridized carbons (Fsp3) is 0.182. The number of carbonyl (C=O) groups is 1. The van der Waals surface area contributed by atoms with Crippen molar-refractivity contribution in [3.05, 3.63) is 82.8 Å². The zero-order valence-corrected chi connectivity index (χ0v) is 16.1. The minimum absolute atomic E-state index is 0.0691. The fourth-order valence-corrected chi connectivity index (χ4v) is 2.55. The van der Waals surface area contributed by atoms with Crippen LogP contribution in [0.4, 0.5) is 16.2 Å². The van der Waals surface area contributed by atoms with Crippen LogP contribution in [0.25, 0.3) is 0 Å². The number of nitrogens with one attached hydrogen (secondary N) is 3. The Bertz CT molecular complexity index is 980. The highest BCUT2D eigenvalue weighted by molar-refractivity contribution is 5.99. The fourth-order valence-electron chi connectivity index (χ4n) is 2.55. The van der Waals surface area contributed by atoms with E-state index >= 15 is 0 Å². The maximum atomic E-state index is 12.2. The molecule has 3 rings (SSSR count). The molecule has 0 saturated carbocycles. The highest BCUT2D eigenvalue weighted by Crippen LogP contribution is 2.24. The van der Waals surface area contributed by atoms with Gasteiger partial charge in [0.25, 0.3) is 0 Å². The lowest BCUT2D eigenvalue weighted by molar-refractivity contribution is 0.262. The minimum Gasteiger partial charge on any atom is -0.456 e. The molecule has 1 heterocycles. The molecular weight excluding hydrogens is 354 g/mol. The van der Waals surface area contributed by atoms with Crippen LogP contribution in [0.5, 0.6) is 11.5 Å². The highest BCUT2D eigenvalue weighted by Gasteiger charge is 2.13. The molecule has 0 unspecified atom stereocenters. The van der Waals surface area contributed by atoms with Gasteiger partial charge in [-0.3, -0.25) is 4.79 Å². The smallest absolute Gasteiger partial charge is 0.323 e. The van der Waals surface area contributed by atoms with Gasteiger partial charge in [0.15, 0.2) is 0 Å². The molecule has 144 valence electrons. The minimum atomic E-state index is -0.321. The monoisotopic (exact) mass is 377 g/mol. The second kappa shape index (κ2) is 8.00. The average Bonchev–Trinajstić information content (AvgIpc) is 2.65. The Labute approximate surface area is 163 Å². The molecule has 0 atom stereocenters. The third kappa shape index (κ3) is 5.23. The van der Waals surface area contributed by atoms with Crippen LogP contribution < -0.4 is 20.9 Å². The molecule has 2 amide bonds. The first-order valence-electron chi connectivity index (χ1n) is 8.95. The Morgan fingerprint density at radius 2 is 1.36 bits per heavy atom. The Kier molecular flexibility index (Phi) is 5.49. The average molecular weight is 377 g/mol. The number of H-pyrrole nitrogens is 1. The van der Waals surface area contributed by atoms with Gasteiger partial charge in [-0.25, -0.2) is 4.79 Å². The van der Waals surface area contributed by atoms with Crippen molar-refractivity contribution in [2.24, 2.45) is 0 Å². The van der Waals surface area contributed by atoms with E-state index in [0.717, 1.165) is 5.69 Å². The van der Waals surface area contributed by atoms with Gasteiger partial charge < -0.3 is 20.4 Å². The van der Waals surface area contributed by atoms with Gasteiger partial charge in [0.2, 0.25) is 5.56 Å². The summed E-state index contributed by atoms with van der Waals surface area (Å²) in [6.07, 6.45) is 1.49. The first kappa shape index (κ1) is 19.2. The number of ether oxygens (including phenoxy) is 1. The van der Waals surface area contributed by atoms with Gasteiger partial charge in [-0.05, 0) is 53.4 Å². The van der Waals surface area contributed by atoms with Gasteiger partial charge >= 0.3 is 6.03 Å². The van der Waals surface area contributed by atoms with E-state index in [0.29, 0.717) is 17.2 Å². The molecule has 0 aliphatic carbocycles. The molecule has 0 fully saturated rings. The number of amides is 2. The maximum Gasteiger partial charge on any atom is 0.323 e. The summed E-state index contributed by atoms with van der Waals surface area (Å²) >= 11 is 0. The summed E-state index contributed by atoms with van der Waals surface area (Å²) < 4.78 is 5.63. The largest absolute Gasteiger partial charge is 0.456 e. The number of hydrogen-bond donors (Lipinski definition) is 3. The molecule has 28 heavy (non-hydrogen) atoms. The maximum absolute atomic E-state index is 12.2. The van der Waals surface area contributed by atoms with Gasteiger partial charge in [0, 0.05) is 23.6 Å². The number of carbonyl (C=O) groups excluding carboxylic acids is 1. The number of benzene rings is 2. The van der Waals surface area contributed by atoms with Gasteiger partial charge in [-0.2, -0.15) is 0 Å². The molecule has 0 aliphatic rings. The molecule has 3 aromatic rings. The zero-order chi connectivity index (χ0) is 20.1. The van der Waals surface area contributed by atoms with Crippen molar-refractivity contribution >= 4 is 17.4 Å². The summed E-state index contributed by atoms with van der Waals surface area (Å²) in [5.41, 5.74) is 2.45. The lowest BCUT2D eigenvalue weighted by Gasteiger charge is -2.19. The Balaban J connectivity index is 1.56. The van der Waals surface area contributed by atoms with E-state index in [1.807, 2.05) is 24.3 Å². The predicted molar refractivity (Wildman–Crippen MR) is 111 cm³/mol. The molecule has 0 aliphatic heterocycles.